The highest BCUT2D eigenvalue weighted by Crippen LogP contribution is 2.41. The Morgan fingerprint density at radius 1 is 1.02 bits per heavy atom. The number of methoxy groups -OCH3 is 1. The standard InChI is InChI=1S/C32H35FN8O3/c1-44-27-9-8-25(41-22-36-37-38-41)20-26(27)29(42)40-18-11-31(21-40,23-5-4-6-24(33)19-23)10-15-39-16-12-32(13-17-39,30(34)43)28-7-2-3-14-35-28/h2-9,14,19-20,22H,10-13,15-18,21H2,1H3,(H2,34,43). The minimum Gasteiger partial charge on any atom is -0.496 e. The Balaban J connectivity index is 1.21. The summed E-state index contributed by atoms with van der Waals surface area (Å²) < 4.78 is 21.6. The Bertz CT molecular complexity index is 1630. The molecule has 1 atom stereocenters. The van der Waals surface area contributed by atoms with Crippen molar-refractivity contribution in [1.29, 1.82) is 0 Å². The van der Waals surface area contributed by atoms with Gasteiger partial charge >= 0.3 is 0 Å². The van der Waals surface area contributed by atoms with Crippen molar-refractivity contribution >= 4 is 11.8 Å². The second-order valence-electron chi connectivity index (χ2n) is 11.7. The van der Waals surface area contributed by atoms with Gasteiger partial charge < -0.3 is 20.3 Å². The van der Waals surface area contributed by atoms with Crippen LogP contribution in [0.5, 0.6) is 5.75 Å². The van der Waals surface area contributed by atoms with E-state index in [4.69, 9.17) is 10.5 Å². The molecule has 0 spiro atoms. The summed E-state index contributed by atoms with van der Waals surface area (Å²) >= 11 is 0. The number of nitrogens with zero attached hydrogens (tertiary/aromatic N) is 7. The quantitative estimate of drug-likeness (QED) is 0.311. The fourth-order valence-corrected chi connectivity index (χ4v) is 6.71. The van der Waals surface area contributed by atoms with Crippen molar-refractivity contribution in [3.8, 4) is 11.4 Å². The van der Waals surface area contributed by atoms with Gasteiger partial charge in [0, 0.05) is 24.7 Å². The number of carbonyl (C=O) groups excluding carboxylic acids is 2. The summed E-state index contributed by atoms with van der Waals surface area (Å²) in [4.78, 5) is 35.2. The van der Waals surface area contributed by atoms with Crippen molar-refractivity contribution in [3.05, 3.63) is 95.8 Å². The zero-order valence-electron chi connectivity index (χ0n) is 24.6. The molecule has 4 aromatic rings. The first-order valence-electron chi connectivity index (χ1n) is 14.7. The number of carbonyl (C=O) groups is 2. The number of primary amides is 1. The summed E-state index contributed by atoms with van der Waals surface area (Å²) in [5.41, 5.74) is 7.32. The van der Waals surface area contributed by atoms with Crippen molar-refractivity contribution in [3.63, 3.8) is 0 Å². The van der Waals surface area contributed by atoms with Gasteiger partial charge in [0.05, 0.1) is 29.5 Å². The van der Waals surface area contributed by atoms with E-state index >= 15 is 0 Å². The normalized spacial score (nSPS) is 20.0. The van der Waals surface area contributed by atoms with Gasteiger partial charge in [0.15, 0.2) is 0 Å². The summed E-state index contributed by atoms with van der Waals surface area (Å²) in [5, 5.41) is 11.3. The fraction of sp³-hybridized carbons (Fsp3) is 0.375. The number of benzene rings is 2. The third-order valence-electron chi connectivity index (χ3n) is 9.35. The molecule has 4 heterocycles. The number of pyridine rings is 1. The molecule has 2 fully saturated rings. The lowest BCUT2D eigenvalue weighted by Crippen LogP contribution is -2.51. The average molecular weight is 599 g/mol. The van der Waals surface area contributed by atoms with Crippen LogP contribution in [0, 0.1) is 5.82 Å². The molecule has 6 rings (SSSR count). The number of likely N-dealkylation sites (tertiary alicyclic amines) is 2. The molecule has 2 aliphatic rings. The highest BCUT2D eigenvalue weighted by Gasteiger charge is 2.45. The van der Waals surface area contributed by atoms with Crippen LogP contribution in [0.15, 0.2) is 73.2 Å². The van der Waals surface area contributed by atoms with Crippen molar-refractivity contribution in [2.75, 3.05) is 39.8 Å². The maximum Gasteiger partial charge on any atom is 0.257 e. The highest BCUT2D eigenvalue weighted by atomic mass is 19.1. The minimum atomic E-state index is -0.787. The van der Waals surface area contributed by atoms with Gasteiger partial charge in [-0.3, -0.25) is 14.6 Å². The molecule has 44 heavy (non-hydrogen) atoms. The monoisotopic (exact) mass is 598 g/mol. The molecule has 0 saturated carbocycles. The number of halogens is 1. The molecule has 1 unspecified atom stereocenters. The van der Waals surface area contributed by atoms with Crippen LogP contribution in [0.3, 0.4) is 0 Å². The van der Waals surface area contributed by atoms with E-state index in [1.165, 1.54) is 24.2 Å². The molecule has 0 radical (unpaired) electrons. The molecule has 11 nitrogen and oxygen atoms in total. The molecule has 0 aliphatic carbocycles. The molecule has 2 aliphatic heterocycles. The van der Waals surface area contributed by atoms with Crippen LogP contribution < -0.4 is 10.5 Å². The van der Waals surface area contributed by atoms with Gasteiger partial charge in [0.25, 0.3) is 5.91 Å². The predicted octanol–water partition coefficient (Wildman–Crippen LogP) is 2.90. The number of nitrogens with two attached hydrogens (primary N) is 1. The summed E-state index contributed by atoms with van der Waals surface area (Å²) in [6, 6.07) is 17.5. The number of rotatable bonds is 9. The first-order chi connectivity index (χ1) is 21.3. The second kappa shape index (κ2) is 12.1. The van der Waals surface area contributed by atoms with E-state index in [-0.39, 0.29) is 17.6 Å². The topological polar surface area (TPSA) is 132 Å². The minimum absolute atomic E-state index is 0.172. The maximum atomic E-state index is 14.5. The van der Waals surface area contributed by atoms with E-state index in [0.717, 1.165) is 18.5 Å². The van der Waals surface area contributed by atoms with Gasteiger partial charge in [0.1, 0.15) is 17.9 Å². The number of piperidine rings is 1. The number of tetrazole rings is 1. The lowest BCUT2D eigenvalue weighted by atomic mass is 9.73. The molecule has 228 valence electrons. The molecule has 2 N–H and O–H groups in total. The smallest absolute Gasteiger partial charge is 0.257 e. The largest absolute Gasteiger partial charge is 0.496 e. The van der Waals surface area contributed by atoms with Gasteiger partial charge in [0.2, 0.25) is 5.91 Å². The molecule has 2 aromatic heterocycles. The second-order valence-corrected chi connectivity index (χ2v) is 11.7. The summed E-state index contributed by atoms with van der Waals surface area (Å²) in [6.07, 6.45) is 5.72. The van der Waals surface area contributed by atoms with Crippen molar-refractivity contribution < 1.29 is 18.7 Å². The van der Waals surface area contributed by atoms with Crippen LogP contribution in [0.2, 0.25) is 0 Å². The van der Waals surface area contributed by atoms with Crippen LogP contribution in [-0.4, -0.2) is 86.6 Å². The van der Waals surface area contributed by atoms with E-state index < -0.39 is 10.8 Å². The number of ether oxygens (including phenoxy) is 1. The average Bonchev–Trinajstić information content (AvgIpc) is 3.76. The van der Waals surface area contributed by atoms with Gasteiger partial charge in [-0.05, 0) is 104 Å². The zero-order chi connectivity index (χ0) is 30.7. The van der Waals surface area contributed by atoms with Crippen molar-refractivity contribution in [2.24, 2.45) is 5.73 Å². The Kier molecular flexibility index (Phi) is 8.09. The van der Waals surface area contributed by atoms with E-state index in [9.17, 15) is 14.0 Å². The first kappa shape index (κ1) is 29.4. The third kappa shape index (κ3) is 5.52. The molecule has 2 amide bonds. The fourth-order valence-electron chi connectivity index (χ4n) is 6.71. The zero-order valence-corrected chi connectivity index (χ0v) is 24.6. The van der Waals surface area contributed by atoms with Crippen LogP contribution >= 0.6 is 0 Å². The Labute approximate surface area is 254 Å². The Morgan fingerprint density at radius 2 is 1.86 bits per heavy atom. The van der Waals surface area contributed by atoms with Gasteiger partial charge in [-0.25, -0.2) is 9.07 Å². The summed E-state index contributed by atoms with van der Waals surface area (Å²) in [7, 11) is 1.53. The summed E-state index contributed by atoms with van der Waals surface area (Å²) in [5.74, 6) is -0.373. The van der Waals surface area contributed by atoms with E-state index in [2.05, 4.69) is 25.4 Å². The van der Waals surface area contributed by atoms with Crippen LogP contribution in [0.25, 0.3) is 5.69 Å². The number of hydrogen-bond acceptors (Lipinski definition) is 8. The highest BCUT2D eigenvalue weighted by molar-refractivity contribution is 5.98. The van der Waals surface area contributed by atoms with Gasteiger partial charge in [-0.15, -0.1) is 5.10 Å². The van der Waals surface area contributed by atoms with Gasteiger partial charge in [-0.2, -0.15) is 0 Å². The van der Waals surface area contributed by atoms with E-state index in [1.807, 2.05) is 29.2 Å². The molecular weight excluding hydrogens is 563 g/mol. The summed E-state index contributed by atoms with van der Waals surface area (Å²) in [6.45, 7) is 3.04. The van der Waals surface area contributed by atoms with Crippen LogP contribution in [0.1, 0.15) is 47.3 Å². The lowest BCUT2D eigenvalue weighted by molar-refractivity contribution is -0.125. The molecule has 2 aromatic carbocycles. The molecule has 2 saturated heterocycles. The van der Waals surface area contributed by atoms with Crippen molar-refractivity contribution in [1.82, 2.24) is 35.0 Å². The van der Waals surface area contributed by atoms with Crippen LogP contribution in [-0.2, 0) is 15.6 Å². The molecular formula is C32H35FN8O3. The Hall–Kier alpha value is -4.71. The molecule has 12 heteroatoms. The van der Waals surface area contributed by atoms with Crippen molar-refractivity contribution in [2.45, 2.75) is 36.5 Å². The van der Waals surface area contributed by atoms with E-state index in [0.29, 0.717) is 68.1 Å². The Morgan fingerprint density at radius 3 is 2.55 bits per heavy atom. The lowest BCUT2D eigenvalue weighted by Gasteiger charge is -2.40. The molecule has 0 bridgehead atoms. The number of hydrogen-bond donors (Lipinski definition) is 1. The van der Waals surface area contributed by atoms with Gasteiger partial charge in [-0.1, -0.05) is 18.2 Å². The predicted molar refractivity (Wildman–Crippen MR) is 160 cm³/mol. The number of amides is 2. The van der Waals surface area contributed by atoms with Crippen LogP contribution in [0.4, 0.5) is 4.39 Å². The SMILES string of the molecule is COc1ccc(-n2cnnn2)cc1C(=O)N1CCC(CCN2CCC(C(N)=O)(c3ccccn3)CC2)(c2cccc(F)c2)C1. The van der Waals surface area contributed by atoms with E-state index in [1.54, 1.807) is 36.5 Å². The first-order valence-corrected chi connectivity index (χ1v) is 14.7. The third-order valence-corrected chi connectivity index (χ3v) is 9.35. The maximum absolute atomic E-state index is 14.5. The number of aromatic nitrogens is 5.